The van der Waals surface area contributed by atoms with Crippen molar-refractivity contribution in [3.05, 3.63) is 34.9 Å². The molecular weight excluding hydrogens is 230 g/mol. The molecule has 0 N–H and O–H groups in total. The summed E-state index contributed by atoms with van der Waals surface area (Å²) < 4.78 is 0. The lowest BCUT2D eigenvalue weighted by Crippen LogP contribution is -2.15. The molecule has 1 aromatic rings. The lowest BCUT2D eigenvalue weighted by molar-refractivity contribution is 0.102. The van der Waals surface area contributed by atoms with E-state index in [0.29, 0.717) is 5.75 Å². The molecule has 0 bridgehead atoms. The number of hydrogen-bond donors (Lipinski definition) is 0. The van der Waals surface area contributed by atoms with Gasteiger partial charge in [-0.2, -0.15) is 11.8 Å². The first kappa shape index (κ1) is 14.3. The van der Waals surface area contributed by atoms with Crippen LogP contribution in [0.1, 0.15) is 21.5 Å². The molecule has 0 aliphatic heterocycles. The molecule has 0 unspecified atom stereocenters. The monoisotopic (exact) mass is 251 g/mol. The van der Waals surface area contributed by atoms with Gasteiger partial charge in [-0.1, -0.05) is 12.1 Å². The zero-order valence-electron chi connectivity index (χ0n) is 11.1. The smallest absolute Gasteiger partial charge is 0.172 e. The second-order valence-electron chi connectivity index (χ2n) is 4.58. The topological polar surface area (TPSA) is 20.3 Å². The van der Waals surface area contributed by atoms with Crippen molar-refractivity contribution in [2.24, 2.45) is 0 Å². The maximum atomic E-state index is 11.9. The molecule has 0 atom stereocenters. The highest BCUT2D eigenvalue weighted by molar-refractivity contribution is 8.00. The van der Waals surface area contributed by atoms with Crippen molar-refractivity contribution >= 4 is 17.5 Å². The van der Waals surface area contributed by atoms with E-state index in [-0.39, 0.29) is 5.78 Å². The van der Waals surface area contributed by atoms with Crippen LogP contribution in [0.4, 0.5) is 0 Å². The third-order valence-electron chi connectivity index (χ3n) is 2.74. The average Bonchev–Trinajstić information content (AvgIpc) is 2.27. The van der Waals surface area contributed by atoms with Gasteiger partial charge in [0, 0.05) is 17.9 Å². The van der Waals surface area contributed by atoms with Gasteiger partial charge in [-0.05, 0) is 45.1 Å². The molecule has 17 heavy (non-hydrogen) atoms. The first-order valence-corrected chi connectivity index (χ1v) is 6.99. The van der Waals surface area contributed by atoms with Gasteiger partial charge in [-0.15, -0.1) is 0 Å². The van der Waals surface area contributed by atoms with E-state index >= 15 is 0 Å². The lowest BCUT2D eigenvalue weighted by Gasteiger charge is -2.08. The van der Waals surface area contributed by atoms with Gasteiger partial charge in [0.05, 0.1) is 5.75 Å². The van der Waals surface area contributed by atoms with Crippen LogP contribution in [0.5, 0.6) is 0 Å². The summed E-state index contributed by atoms with van der Waals surface area (Å²) in [5.41, 5.74) is 3.27. The van der Waals surface area contributed by atoms with Gasteiger partial charge >= 0.3 is 0 Å². The van der Waals surface area contributed by atoms with Crippen molar-refractivity contribution in [2.75, 3.05) is 32.1 Å². The van der Waals surface area contributed by atoms with Crippen LogP contribution in [-0.4, -0.2) is 42.8 Å². The Balaban J connectivity index is 2.44. The Morgan fingerprint density at radius 3 is 2.53 bits per heavy atom. The van der Waals surface area contributed by atoms with Crippen molar-refractivity contribution in [2.45, 2.75) is 13.8 Å². The number of nitrogens with zero attached hydrogens (tertiary/aromatic N) is 1. The highest BCUT2D eigenvalue weighted by atomic mass is 32.2. The number of carbonyl (C=O) groups is 1. The van der Waals surface area contributed by atoms with E-state index in [1.165, 1.54) is 11.1 Å². The highest BCUT2D eigenvalue weighted by Crippen LogP contribution is 2.12. The maximum Gasteiger partial charge on any atom is 0.172 e. The van der Waals surface area contributed by atoms with Gasteiger partial charge in [0.2, 0.25) is 0 Å². The molecule has 0 fully saturated rings. The average molecular weight is 251 g/mol. The van der Waals surface area contributed by atoms with E-state index in [2.05, 4.69) is 11.8 Å². The number of rotatable bonds is 6. The molecule has 1 rings (SSSR count). The number of benzene rings is 1. The van der Waals surface area contributed by atoms with E-state index in [9.17, 15) is 4.79 Å². The number of ketones is 1. The Labute approximate surface area is 108 Å². The number of Topliss-reactive ketones (excluding diaryl/α,β-unsaturated/α-hetero) is 1. The predicted molar refractivity (Wildman–Crippen MR) is 76.1 cm³/mol. The molecule has 2 nitrogen and oxygen atoms in total. The summed E-state index contributed by atoms with van der Waals surface area (Å²) in [5.74, 6) is 1.82. The minimum Gasteiger partial charge on any atom is -0.309 e. The number of aryl methyl sites for hydroxylation is 2. The first-order chi connectivity index (χ1) is 8.00. The van der Waals surface area contributed by atoms with Gasteiger partial charge in [0.1, 0.15) is 0 Å². The van der Waals surface area contributed by atoms with Crippen molar-refractivity contribution in [3.8, 4) is 0 Å². The van der Waals surface area contributed by atoms with Gasteiger partial charge in [-0.3, -0.25) is 4.79 Å². The molecule has 0 aromatic heterocycles. The van der Waals surface area contributed by atoms with E-state index in [1.54, 1.807) is 11.8 Å². The summed E-state index contributed by atoms with van der Waals surface area (Å²) >= 11 is 1.70. The standard InChI is InChI=1S/C14H21NOS/c1-11-5-6-13(9-12(11)2)14(16)10-17-8-7-15(3)4/h5-6,9H,7-8,10H2,1-4H3. The van der Waals surface area contributed by atoms with E-state index in [4.69, 9.17) is 0 Å². The summed E-state index contributed by atoms with van der Waals surface area (Å²) in [6.45, 7) is 5.13. The summed E-state index contributed by atoms with van der Waals surface area (Å²) in [5, 5.41) is 0. The van der Waals surface area contributed by atoms with Crippen molar-refractivity contribution < 1.29 is 4.79 Å². The van der Waals surface area contributed by atoms with Crippen LogP contribution in [0.15, 0.2) is 18.2 Å². The fraction of sp³-hybridized carbons (Fsp3) is 0.500. The maximum absolute atomic E-state index is 11.9. The van der Waals surface area contributed by atoms with Crippen LogP contribution < -0.4 is 0 Å². The fourth-order valence-electron chi connectivity index (χ4n) is 1.41. The zero-order chi connectivity index (χ0) is 12.8. The van der Waals surface area contributed by atoms with Crippen LogP contribution in [0.3, 0.4) is 0 Å². The summed E-state index contributed by atoms with van der Waals surface area (Å²) in [6.07, 6.45) is 0. The molecule has 1 aromatic carbocycles. The number of thioether (sulfide) groups is 1. The Bertz CT molecular complexity index is 388. The third kappa shape index (κ3) is 4.92. The molecule has 3 heteroatoms. The van der Waals surface area contributed by atoms with Gasteiger partial charge in [-0.25, -0.2) is 0 Å². The van der Waals surface area contributed by atoms with E-state index in [0.717, 1.165) is 17.9 Å². The molecule has 0 heterocycles. The van der Waals surface area contributed by atoms with Crippen LogP contribution >= 0.6 is 11.8 Å². The van der Waals surface area contributed by atoms with Crippen molar-refractivity contribution in [1.82, 2.24) is 4.90 Å². The Hall–Kier alpha value is -0.800. The van der Waals surface area contributed by atoms with Gasteiger partial charge < -0.3 is 4.90 Å². The molecule has 0 spiro atoms. The summed E-state index contributed by atoms with van der Waals surface area (Å²) in [7, 11) is 4.09. The second kappa shape index (κ2) is 6.82. The number of hydrogen-bond acceptors (Lipinski definition) is 3. The molecular formula is C14H21NOS. The van der Waals surface area contributed by atoms with E-state index in [1.807, 2.05) is 39.2 Å². The minimum absolute atomic E-state index is 0.233. The minimum atomic E-state index is 0.233. The van der Waals surface area contributed by atoms with Crippen LogP contribution in [0.25, 0.3) is 0 Å². The molecule has 0 aliphatic carbocycles. The molecule has 0 saturated heterocycles. The molecule has 0 aliphatic rings. The molecule has 0 amide bonds. The Morgan fingerprint density at radius 1 is 1.24 bits per heavy atom. The zero-order valence-corrected chi connectivity index (χ0v) is 11.9. The molecule has 0 saturated carbocycles. The van der Waals surface area contributed by atoms with Gasteiger partial charge in [0.15, 0.2) is 5.78 Å². The van der Waals surface area contributed by atoms with Crippen molar-refractivity contribution in [1.29, 1.82) is 0 Å². The SMILES string of the molecule is Cc1ccc(C(=O)CSCCN(C)C)cc1C. The van der Waals surface area contributed by atoms with Gasteiger partial charge in [0.25, 0.3) is 0 Å². The predicted octanol–water partition coefficient (Wildman–Crippen LogP) is 2.78. The highest BCUT2D eigenvalue weighted by Gasteiger charge is 2.06. The summed E-state index contributed by atoms with van der Waals surface area (Å²) in [4.78, 5) is 14.1. The Kier molecular flexibility index (Phi) is 5.72. The van der Waals surface area contributed by atoms with Crippen LogP contribution in [0.2, 0.25) is 0 Å². The lowest BCUT2D eigenvalue weighted by atomic mass is 10.0. The van der Waals surface area contributed by atoms with E-state index < -0.39 is 0 Å². The number of carbonyl (C=O) groups excluding carboxylic acids is 1. The fourth-order valence-corrected chi connectivity index (χ4v) is 2.40. The summed E-state index contributed by atoms with van der Waals surface area (Å²) in [6, 6.07) is 5.94. The Morgan fingerprint density at radius 2 is 1.94 bits per heavy atom. The quantitative estimate of drug-likeness (QED) is 0.573. The van der Waals surface area contributed by atoms with Crippen LogP contribution in [0, 0.1) is 13.8 Å². The normalized spacial score (nSPS) is 10.9. The van der Waals surface area contributed by atoms with Crippen LogP contribution in [-0.2, 0) is 0 Å². The first-order valence-electron chi connectivity index (χ1n) is 5.83. The molecule has 94 valence electrons. The second-order valence-corrected chi connectivity index (χ2v) is 5.68. The molecule has 0 radical (unpaired) electrons. The largest absolute Gasteiger partial charge is 0.309 e. The van der Waals surface area contributed by atoms with Crippen molar-refractivity contribution in [3.63, 3.8) is 0 Å². The third-order valence-corrected chi connectivity index (χ3v) is 3.68.